The Balaban J connectivity index is 2.37. The maximum absolute atomic E-state index is 13.0. The number of rotatable bonds is 4. The number of nitrogens with one attached hydrogen (secondary N) is 1. The zero-order valence-electron chi connectivity index (χ0n) is 12.9. The fraction of sp³-hybridized carbons (Fsp3) is 0.867. The molecule has 1 N–H and O–H groups in total. The summed E-state index contributed by atoms with van der Waals surface area (Å²) in [5, 5.41) is 2.98. The fourth-order valence-electron chi connectivity index (χ4n) is 3.47. The molecule has 2 heterocycles. The van der Waals surface area contributed by atoms with Gasteiger partial charge in [-0.3, -0.25) is 9.59 Å². The van der Waals surface area contributed by atoms with Crippen LogP contribution in [0.15, 0.2) is 0 Å². The second kappa shape index (κ2) is 5.72. The van der Waals surface area contributed by atoms with E-state index in [1.807, 2.05) is 32.6 Å². The van der Waals surface area contributed by atoms with Crippen LogP contribution >= 0.6 is 0 Å². The van der Waals surface area contributed by atoms with Crippen molar-refractivity contribution >= 4 is 11.8 Å². The lowest BCUT2D eigenvalue weighted by Gasteiger charge is -2.48. The minimum atomic E-state index is -0.731. The molecule has 3 atom stereocenters. The highest BCUT2D eigenvalue weighted by Crippen LogP contribution is 2.31. The zero-order valence-corrected chi connectivity index (χ0v) is 12.9. The largest absolute Gasteiger partial charge is 0.376 e. The van der Waals surface area contributed by atoms with Crippen molar-refractivity contribution in [2.45, 2.75) is 77.1 Å². The first-order valence-electron chi connectivity index (χ1n) is 7.77. The number of ether oxygens (including phenoxy) is 1. The summed E-state index contributed by atoms with van der Waals surface area (Å²) >= 11 is 0. The molecular weight excluding hydrogens is 256 g/mol. The molecule has 20 heavy (non-hydrogen) atoms. The Morgan fingerprint density at radius 1 is 1.30 bits per heavy atom. The van der Waals surface area contributed by atoms with Crippen molar-refractivity contribution in [3.05, 3.63) is 0 Å². The van der Waals surface area contributed by atoms with Gasteiger partial charge in [0.05, 0.1) is 12.1 Å². The third kappa shape index (κ3) is 2.22. The van der Waals surface area contributed by atoms with E-state index >= 15 is 0 Å². The van der Waals surface area contributed by atoms with Crippen LogP contribution in [0.4, 0.5) is 0 Å². The molecule has 2 aliphatic heterocycles. The molecule has 0 aromatic heterocycles. The van der Waals surface area contributed by atoms with Crippen LogP contribution in [-0.2, 0) is 14.3 Å². The number of carbonyl (C=O) groups excluding carboxylic acids is 2. The number of piperazine rings is 1. The Bertz CT molecular complexity index is 393. The molecular formula is C15H26N2O3. The first-order valence-corrected chi connectivity index (χ1v) is 7.77. The van der Waals surface area contributed by atoms with Gasteiger partial charge in [0.15, 0.2) is 0 Å². The van der Waals surface area contributed by atoms with E-state index < -0.39 is 5.54 Å². The highest BCUT2D eigenvalue weighted by molar-refractivity contribution is 6.00. The third-order valence-corrected chi connectivity index (χ3v) is 4.93. The fourth-order valence-corrected chi connectivity index (χ4v) is 3.47. The summed E-state index contributed by atoms with van der Waals surface area (Å²) in [4.78, 5) is 27.3. The molecule has 0 saturated carbocycles. The van der Waals surface area contributed by atoms with Gasteiger partial charge in [0.25, 0.3) is 0 Å². The standard InChI is InChI=1S/C15H26N2O3/c1-5-11-13(18)16-15(6-2,7-3)14(19)17(11)12-8-9-20-10(12)4/h10-12H,5-9H2,1-4H3,(H,16,18). The van der Waals surface area contributed by atoms with Gasteiger partial charge in [-0.25, -0.2) is 0 Å². The second-order valence-electron chi connectivity index (χ2n) is 5.85. The Morgan fingerprint density at radius 2 is 1.95 bits per heavy atom. The van der Waals surface area contributed by atoms with Crippen LogP contribution in [0.5, 0.6) is 0 Å². The smallest absolute Gasteiger partial charge is 0.249 e. The molecule has 0 bridgehead atoms. The van der Waals surface area contributed by atoms with Crippen LogP contribution in [0.2, 0.25) is 0 Å². The molecule has 0 aromatic carbocycles. The molecule has 5 nitrogen and oxygen atoms in total. The molecule has 2 amide bonds. The highest BCUT2D eigenvalue weighted by atomic mass is 16.5. The molecule has 5 heteroatoms. The van der Waals surface area contributed by atoms with E-state index in [1.165, 1.54) is 0 Å². The molecule has 0 aromatic rings. The topological polar surface area (TPSA) is 58.6 Å². The van der Waals surface area contributed by atoms with Crippen molar-refractivity contribution in [1.29, 1.82) is 0 Å². The lowest BCUT2D eigenvalue weighted by Crippen LogP contribution is -2.72. The molecule has 0 aliphatic carbocycles. The molecule has 2 aliphatic rings. The van der Waals surface area contributed by atoms with Gasteiger partial charge in [0, 0.05) is 6.61 Å². The summed E-state index contributed by atoms with van der Waals surface area (Å²) in [6.07, 6.45) is 2.72. The van der Waals surface area contributed by atoms with E-state index in [4.69, 9.17) is 4.74 Å². The highest BCUT2D eigenvalue weighted by Gasteiger charge is 2.51. The number of hydrogen-bond acceptors (Lipinski definition) is 3. The van der Waals surface area contributed by atoms with E-state index in [2.05, 4.69) is 5.32 Å². The Kier molecular flexibility index (Phi) is 4.37. The Morgan fingerprint density at radius 3 is 2.40 bits per heavy atom. The Labute approximate surface area is 121 Å². The van der Waals surface area contributed by atoms with Gasteiger partial charge in [-0.1, -0.05) is 20.8 Å². The lowest BCUT2D eigenvalue weighted by molar-refractivity contribution is -0.159. The summed E-state index contributed by atoms with van der Waals surface area (Å²) in [7, 11) is 0. The maximum Gasteiger partial charge on any atom is 0.249 e. The molecule has 0 spiro atoms. The van der Waals surface area contributed by atoms with Gasteiger partial charge in [-0.2, -0.15) is 0 Å². The average molecular weight is 282 g/mol. The SMILES string of the molecule is CCC1C(=O)NC(CC)(CC)C(=O)N1C1CCOC1C. The zero-order chi connectivity index (χ0) is 14.9. The van der Waals surface area contributed by atoms with Crippen LogP contribution < -0.4 is 5.32 Å². The van der Waals surface area contributed by atoms with Crippen molar-refractivity contribution < 1.29 is 14.3 Å². The molecule has 2 rings (SSSR count). The van der Waals surface area contributed by atoms with Gasteiger partial charge < -0.3 is 15.0 Å². The first-order chi connectivity index (χ1) is 9.50. The van der Waals surface area contributed by atoms with Crippen LogP contribution in [0.3, 0.4) is 0 Å². The minimum Gasteiger partial charge on any atom is -0.376 e. The van der Waals surface area contributed by atoms with E-state index in [9.17, 15) is 9.59 Å². The number of nitrogens with zero attached hydrogens (tertiary/aromatic N) is 1. The summed E-state index contributed by atoms with van der Waals surface area (Å²) in [6.45, 7) is 8.53. The summed E-state index contributed by atoms with van der Waals surface area (Å²) < 4.78 is 5.60. The number of carbonyl (C=O) groups is 2. The van der Waals surface area contributed by atoms with Crippen molar-refractivity contribution in [3.8, 4) is 0 Å². The van der Waals surface area contributed by atoms with Gasteiger partial charge in [0.1, 0.15) is 11.6 Å². The van der Waals surface area contributed by atoms with Crippen molar-refractivity contribution in [1.82, 2.24) is 10.2 Å². The van der Waals surface area contributed by atoms with Crippen LogP contribution in [-0.4, -0.2) is 47.0 Å². The van der Waals surface area contributed by atoms with E-state index in [-0.39, 0.29) is 30.0 Å². The summed E-state index contributed by atoms with van der Waals surface area (Å²) in [5.41, 5.74) is -0.731. The number of amides is 2. The van der Waals surface area contributed by atoms with Crippen molar-refractivity contribution in [3.63, 3.8) is 0 Å². The molecule has 2 fully saturated rings. The van der Waals surface area contributed by atoms with Gasteiger partial charge in [-0.15, -0.1) is 0 Å². The lowest BCUT2D eigenvalue weighted by atomic mass is 9.85. The normalized spacial score (nSPS) is 33.4. The third-order valence-electron chi connectivity index (χ3n) is 4.93. The average Bonchev–Trinajstić information content (AvgIpc) is 2.86. The van der Waals surface area contributed by atoms with Crippen molar-refractivity contribution in [2.24, 2.45) is 0 Å². The molecule has 2 saturated heterocycles. The quantitative estimate of drug-likeness (QED) is 0.849. The van der Waals surface area contributed by atoms with Gasteiger partial charge >= 0.3 is 0 Å². The summed E-state index contributed by atoms with van der Waals surface area (Å²) in [5.74, 6) is 0.0474. The molecule has 3 unspecified atom stereocenters. The summed E-state index contributed by atoms with van der Waals surface area (Å²) in [6, 6.07) is -0.334. The first kappa shape index (κ1) is 15.3. The van der Waals surface area contributed by atoms with Gasteiger partial charge in [0.2, 0.25) is 11.8 Å². The van der Waals surface area contributed by atoms with Crippen molar-refractivity contribution in [2.75, 3.05) is 6.61 Å². The molecule has 0 radical (unpaired) electrons. The predicted octanol–water partition coefficient (Wildman–Crippen LogP) is 1.46. The van der Waals surface area contributed by atoms with Gasteiger partial charge in [-0.05, 0) is 32.6 Å². The van der Waals surface area contributed by atoms with E-state index in [0.29, 0.717) is 25.9 Å². The Hall–Kier alpha value is -1.10. The predicted molar refractivity (Wildman–Crippen MR) is 76.2 cm³/mol. The second-order valence-corrected chi connectivity index (χ2v) is 5.85. The maximum atomic E-state index is 13.0. The van der Waals surface area contributed by atoms with E-state index in [0.717, 1.165) is 6.42 Å². The van der Waals surface area contributed by atoms with Crippen LogP contribution in [0, 0.1) is 0 Å². The van der Waals surface area contributed by atoms with Crippen LogP contribution in [0.25, 0.3) is 0 Å². The van der Waals surface area contributed by atoms with E-state index in [1.54, 1.807) is 0 Å². The number of hydrogen-bond donors (Lipinski definition) is 1. The van der Waals surface area contributed by atoms with Crippen LogP contribution in [0.1, 0.15) is 53.4 Å². The minimum absolute atomic E-state index is 0.00492. The monoisotopic (exact) mass is 282 g/mol. The molecule has 114 valence electrons.